The molecule has 1 aromatic carbocycles. The molecule has 1 aliphatic rings. The van der Waals surface area contributed by atoms with Crippen LogP contribution in [0.25, 0.3) is 5.57 Å². The van der Waals surface area contributed by atoms with Crippen LogP contribution in [0.4, 0.5) is 11.4 Å². The number of carbonyl (C=O) groups excluding carboxylic acids is 2. The number of hydrogen-bond donors (Lipinski definition) is 1. The van der Waals surface area contributed by atoms with Crippen molar-refractivity contribution in [2.24, 2.45) is 0 Å². The first-order valence-corrected chi connectivity index (χ1v) is 5.01. The van der Waals surface area contributed by atoms with Gasteiger partial charge in [0.2, 0.25) is 0 Å². The minimum Gasteiger partial charge on any atom is -0.398 e. The van der Waals surface area contributed by atoms with E-state index in [0.29, 0.717) is 0 Å². The molecule has 1 aromatic rings. The lowest BCUT2D eigenvalue weighted by atomic mass is 9.95. The molecule has 2 rings (SSSR count). The van der Waals surface area contributed by atoms with Crippen LogP contribution < -0.4 is 5.73 Å². The zero-order chi connectivity index (χ0) is 13.3. The minimum absolute atomic E-state index is 0.0729. The van der Waals surface area contributed by atoms with E-state index < -0.39 is 10.7 Å². The normalized spacial score (nSPS) is 14.6. The molecule has 18 heavy (non-hydrogen) atoms. The highest BCUT2D eigenvalue weighted by atomic mass is 16.6. The topological polar surface area (TPSA) is 103 Å². The maximum Gasteiger partial charge on any atom is 0.270 e. The Hall–Kier alpha value is -2.76. The molecule has 0 aliphatic heterocycles. The predicted molar refractivity (Wildman–Crippen MR) is 64.6 cm³/mol. The highest BCUT2D eigenvalue weighted by Gasteiger charge is 2.19. The Balaban J connectivity index is 2.57. The van der Waals surface area contributed by atoms with Crippen molar-refractivity contribution in [2.45, 2.75) is 0 Å². The van der Waals surface area contributed by atoms with Gasteiger partial charge in [-0.1, -0.05) is 0 Å². The molecule has 0 saturated heterocycles. The Bertz CT molecular complexity index is 629. The number of benzene rings is 1. The Labute approximate surface area is 102 Å². The number of nitrogens with zero attached hydrogens (tertiary/aromatic N) is 1. The van der Waals surface area contributed by atoms with Crippen molar-refractivity contribution in [1.29, 1.82) is 0 Å². The van der Waals surface area contributed by atoms with Crippen molar-refractivity contribution in [3.63, 3.8) is 0 Å². The number of non-ortho nitro benzene ring substituents is 1. The fraction of sp³-hybridized carbons (Fsp3) is 0. The molecule has 90 valence electrons. The first-order valence-electron chi connectivity index (χ1n) is 5.01. The molecule has 0 bridgehead atoms. The minimum atomic E-state index is -0.589. The molecule has 0 aromatic heterocycles. The van der Waals surface area contributed by atoms with Crippen LogP contribution in [-0.2, 0) is 9.59 Å². The van der Waals surface area contributed by atoms with Crippen LogP contribution in [0.15, 0.2) is 36.4 Å². The van der Waals surface area contributed by atoms with E-state index >= 15 is 0 Å². The van der Waals surface area contributed by atoms with Gasteiger partial charge in [-0.15, -0.1) is 0 Å². The molecule has 1 aliphatic carbocycles. The third kappa shape index (κ3) is 2.03. The van der Waals surface area contributed by atoms with Crippen LogP contribution in [-0.4, -0.2) is 16.5 Å². The molecule has 2 N–H and O–H groups in total. The van der Waals surface area contributed by atoms with E-state index in [9.17, 15) is 19.7 Å². The van der Waals surface area contributed by atoms with Gasteiger partial charge >= 0.3 is 0 Å². The van der Waals surface area contributed by atoms with Gasteiger partial charge in [0.1, 0.15) is 0 Å². The maximum atomic E-state index is 11.6. The quantitative estimate of drug-likeness (QED) is 0.365. The summed E-state index contributed by atoms with van der Waals surface area (Å²) in [6.07, 6.45) is 3.38. The summed E-state index contributed by atoms with van der Waals surface area (Å²) in [5.74, 6) is -0.752. The van der Waals surface area contributed by atoms with Crippen LogP contribution in [0.2, 0.25) is 0 Å². The second-order valence-corrected chi connectivity index (χ2v) is 3.69. The molecule has 0 radical (unpaired) electrons. The van der Waals surface area contributed by atoms with Crippen LogP contribution >= 0.6 is 0 Å². The van der Waals surface area contributed by atoms with Gasteiger partial charge in [0.25, 0.3) is 5.69 Å². The number of rotatable bonds is 2. The smallest absolute Gasteiger partial charge is 0.270 e. The van der Waals surface area contributed by atoms with E-state index in [2.05, 4.69) is 0 Å². The summed E-state index contributed by atoms with van der Waals surface area (Å²) < 4.78 is 0. The van der Waals surface area contributed by atoms with E-state index in [1.165, 1.54) is 18.2 Å². The summed E-state index contributed by atoms with van der Waals surface area (Å²) in [4.78, 5) is 33.0. The monoisotopic (exact) mass is 244 g/mol. The summed E-state index contributed by atoms with van der Waals surface area (Å²) in [7, 11) is 0. The van der Waals surface area contributed by atoms with Gasteiger partial charge in [0.15, 0.2) is 11.6 Å². The lowest BCUT2D eigenvalue weighted by molar-refractivity contribution is -0.384. The summed E-state index contributed by atoms with van der Waals surface area (Å²) in [6, 6.07) is 3.76. The number of hydrogen-bond acceptors (Lipinski definition) is 5. The lowest BCUT2D eigenvalue weighted by Gasteiger charge is -2.09. The van der Waals surface area contributed by atoms with E-state index in [0.717, 1.165) is 18.2 Å². The van der Waals surface area contributed by atoms with Gasteiger partial charge in [0, 0.05) is 29.0 Å². The highest BCUT2D eigenvalue weighted by Crippen LogP contribution is 2.28. The van der Waals surface area contributed by atoms with Crippen molar-refractivity contribution >= 4 is 28.5 Å². The van der Waals surface area contributed by atoms with Gasteiger partial charge in [-0.25, -0.2) is 0 Å². The standard InChI is InChI=1S/C12H8N2O4/c13-11-3-1-7(14(17)18)5-9(11)10-6-8(15)2-4-12(10)16/h1-6H,13H2. The van der Waals surface area contributed by atoms with Gasteiger partial charge in [-0.3, -0.25) is 19.7 Å². The number of nitro benzene ring substituents is 1. The van der Waals surface area contributed by atoms with E-state index in [-0.39, 0.29) is 28.3 Å². The van der Waals surface area contributed by atoms with Crippen molar-refractivity contribution in [3.8, 4) is 0 Å². The molecular weight excluding hydrogens is 236 g/mol. The number of allylic oxidation sites excluding steroid dienone is 4. The third-order valence-corrected chi connectivity index (χ3v) is 2.49. The average Bonchev–Trinajstić information content (AvgIpc) is 2.33. The van der Waals surface area contributed by atoms with Gasteiger partial charge < -0.3 is 5.73 Å². The molecule has 0 fully saturated rings. The first-order chi connectivity index (χ1) is 8.49. The van der Waals surface area contributed by atoms with E-state index in [1.54, 1.807) is 0 Å². The van der Waals surface area contributed by atoms with Crippen molar-refractivity contribution < 1.29 is 14.5 Å². The lowest BCUT2D eigenvalue weighted by Crippen LogP contribution is -2.08. The molecule has 0 amide bonds. The summed E-state index contributed by atoms with van der Waals surface area (Å²) >= 11 is 0. The summed E-state index contributed by atoms with van der Waals surface area (Å²) in [5, 5.41) is 10.7. The van der Waals surface area contributed by atoms with Gasteiger partial charge in [0.05, 0.1) is 4.92 Å². The van der Waals surface area contributed by atoms with Crippen molar-refractivity contribution in [1.82, 2.24) is 0 Å². The van der Waals surface area contributed by atoms with Crippen LogP contribution in [0.3, 0.4) is 0 Å². The Morgan fingerprint density at radius 1 is 1.17 bits per heavy atom. The molecular formula is C12H8N2O4. The van der Waals surface area contributed by atoms with Gasteiger partial charge in [-0.2, -0.15) is 0 Å². The summed E-state index contributed by atoms with van der Waals surface area (Å²) in [6.45, 7) is 0. The largest absolute Gasteiger partial charge is 0.398 e. The fourth-order valence-corrected chi connectivity index (χ4v) is 1.61. The number of carbonyl (C=O) groups is 2. The van der Waals surface area contributed by atoms with E-state index in [1.807, 2.05) is 0 Å². The molecule has 0 heterocycles. The van der Waals surface area contributed by atoms with Gasteiger partial charge in [-0.05, 0) is 24.3 Å². The Kier molecular flexibility index (Phi) is 2.77. The Morgan fingerprint density at radius 3 is 2.56 bits per heavy atom. The zero-order valence-electron chi connectivity index (χ0n) is 9.12. The maximum absolute atomic E-state index is 11.6. The van der Waals surface area contributed by atoms with Crippen molar-refractivity contribution in [2.75, 3.05) is 5.73 Å². The SMILES string of the molecule is Nc1ccc([N+](=O)[O-])cc1C1=CC(=O)C=CC1=O. The van der Waals surface area contributed by atoms with E-state index in [4.69, 9.17) is 5.73 Å². The van der Waals surface area contributed by atoms with Crippen LogP contribution in [0, 0.1) is 10.1 Å². The first kappa shape index (κ1) is 11.7. The predicted octanol–water partition coefficient (Wildman–Crippen LogP) is 1.27. The average molecular weight is 244 g/mol. The number of nitrogens with two attached hydrogens (primary N) is 1. The number of anilines is 1. The molecule has 6 heteroatoms. The number of nitro groups is 1. The molecule has 0 atom stereocenters. The van der Waals surface area contributed by atoms with Crippen LogP contribution in [0.1, 0.15) is 5.56 Å². The Morgan fingerprint density at radius 2 is 1.89 bits per heavy atom. The molecule has 6 nitrogen and oxygen atoms in total. The van der Waals surface area contributed by atoms with Crippen molar-refractivity contribution in [3.05, 3.63) is 52.1 Å². The second kappa shape index (κ2) is 4.25. The fourth-order valence-electron chi connectivity index (χ4n) is 1.61. The zero-order valence-corrected chi connectivity index (χ0v) is 9.12. The molecule has 0 spiro atoms. The second-order valence-electron chi connectivity index (χ2n) is 3.69. The summed E-state index contributed by atoms with van der Waals surface area (Å²) in [5.41, 5.74) is 5.98. The number of nitrogen functional groups attached to an aromatic ring is 1. The van der Waals surface area contributed by atoms with Crippen LogP contribution in [0.5, 0.6) is 0 Å². The molecule has 0 saturated carbocycles. The third-order valence-electron chi connectivity index (χ3n) is 2.49. The molecule has 0 unspecified atom stereocenters. The number of ketones is 2. The highest BCUT2D eigenvalue weighted by molar-refractivity contribution is 6.34.